The first-order valence-electron chi connectivity index (χ1n) is 14.8. The van der Waals surface area contributed by atoms with Crippen LogP contribution in [0.15, 0.2) is 157 Å². The van der Waals surface area contributed by atoms with Crippen LogP contribution in [0.3, 0.4) is 0 Å². The second-order valence-electron chi connectivity index (χ2n) is 11.0. The smallest absolute Gasteiger partial charge is 0.0671 e. The molecule has 8 rings (SSSR count). The van der Waals surface area contributed by atoms with Gasteiger partial charge in [0.05, 0.1) is 23.3 Å². The van der Waals surface area contributed by atoms with Gasteiger partial charge in [0, 0.05) is 42.3 Å². The van der Waals surface area contributed by atoms with E-state index in [9.17, 15) is 0 Å². The lowest BCUT2D eigenvalue weighted by atomic mass is 10.1. The minimum absolute atomic E-state index is 0.578. The maximum Gasteiger partial charge on any atom is 0.0671 e. The maximum atomic E-state index is 6.58. The highest BCUT2D eigenvalue weighted by Gasteiger charge is 2.17. The lowest BCUT2D eigenvalue weighted by Crippen LogP contribution is -2.05. The highest BCUT2D eigenvalue weighted by atomic mass is 32.1. The Morgan fingerprint density at radius 3 is 2.09 bits per heavy atom. The van der Waals surface area contributed by atoms with Crippen LogP contribution in [-0.4, -0.2) is 10.3 Å². The van der Waals surface area contributed by atoms with E-state index in [2.05, 4.69) is 102 Å². The van der Waals surface area contributed by atoms with E-state index in [1.807, 2.05) is 65.9 Å². The van der Waals surface area contributed by atoms with Gasteiger partial charge in [-0.1, -0.05) is 115 Å². The van der Waals surface area contributed by atoms with Crippen molar-refractivity contribution in [3.8, 4) is 5.69 Å². The number of allylic oxidation sites excluding steroid dienone is 1. The highest BCUT2D eigenvalue weighted by molar-refractivity contribution is 7.26. The molecule has 2 N–H and O–H groups in total. The van der Waals surface area contributed by atoms with Gasteiger partial charge in [-0.15, -0.1) is 11.3 Å². The van der Waals surface area contributed by atoms with Crippen LogP contribution in [0.25, 0.3) is 53.4 Å². The van der Waals surface area contributed by atoms with Gasteiger partial charge in [0.15, 0.2) is 0 Å². The summed E-state index contributed by atoms with van der Waals surface area (Å²) >= 11 is 1.88. The first-order valence-corrected chi connectivity index (χ1v) is 15.6. The normalized spacial score (nSPS) is 12.5. The van der Waals surface area contributed by atoms with Crippen LogP contribution >= 0.6 is 11.3 Å². The number of thiophene rings is 1. The van der Waals surface area contributed by atoms with Gasteiger partial charge < -0.3 is 10.3 Å². The maximum absolute atomic E-state index is 6.58. The van der Waals surface area contributed by atoms with Crippen molar-refractivity contribution in [2.75, 3.05) is 0 Å². The molecule has 3 nitrogen and oxygen atoms in total. The molecule has 4 heteroatoms. The number of aliphatic imine (C=N–C) groups is 1. The van der Waals surface area contributed by atoms with Crippen LogP contribution < -0.4 is 5.73 Å². The molecule has 0 spiro atoms. The lowest BCUT2D eigenvalue weighted by molar-refractivity contribution is 1.07. The van der Waals surface area contributed by atoms with Gasteiger partial charge in [0.25, 0.3) is 0 Å². The van der Waals surface area contributed by atoms with E-state index in [-0.39, 0.29) is 0 Å². The zero-order chi connectivity index (χ0) is 29.5. The summed E-state index contributed by atoms with van der Waals surface area (Å²) in [6.45, 7) is 0.578. The predicted octanol–water partition coefficient (Wildman–Crippen LogP) is 10.1. The summed E-state index contributed by atoms with van der Waals surface area (Å²) in [7, 11) is 0. The Bertz CT molecular complexity index is 2340. The van der Waals surface area contributed by atoms with Crippen LogP contribution in [0, 0.1) is 0 Å². The molecule has 6 aromatic carbocycles. The van der Waals surface area contributed by atoms with Crippen molar-refractivity contribution in [3.05, 3.63) is 168 Å². The second-order valence-corrected chi connectivity index (χ2v) is 12.0. The largest absolute Gasteiger partial charge is 0.398 e. The van der Waals surface area contributed by atoms with Gasteiger partial charge >= 0.3 is 0 Å². The Hall–Kier alpha value is -5.45. The zero-order valence-electron chi connectivity index (χ0n) is 24.0. The Kier molecular flexibility index (Phi) is 6.55. The Balaban J connectivity index is 1.26. The zero-order valence-corrected chi connectivity index (χ0v) is 24.8. The van der Waals surface area contributed by atoms with Gasteiger partial charge in [-0.25, -0.2) is 0 Å². The second kappa shape index (κ2) is 11.0. The molecular weight excluding hydrogens is 555 g/mol. The molecule has 0 saturated carbocycles. The molecule has 8 aromatic rings. The molecule has 0 aliphatic rings. The van der Waals surface area contributed by atoms with E-state index in [1.54, 1.807) is 0 Å². The Morgan fingerprint density at radius 2 is 1.30 bits per heavy atom. The fourth-order valence-corrected chi connectivity index (χ4v) is 7.39. The van der Waals surface area contributed by atoms with Crippen molar-refractivity contribution < 1.29 is 0 Å². The summed E-state index contributed by atoms with van der Waals surface area (Å²) < 4.78 is 5.04. The third-order valence-corrected chi connectivity index (χ3v) is 9.48. The first kappa shape index (κ1) is 26.2. The number of para-hydroxylation sites is 1. The van der Waals surface area contributed by atoms with Crippen LogP contribution in [0.1, 0.15) is 16.7 Å². The summed E-state index contributed by atoms with van der Waals surface area (Å²) in [6.07, 6.45) is 1.99. The van der Waals surface area contributed by atoms with Gasteiger partial charge in [0.1, 0.15) is 0 Å². The molecule has 0 aliphatic heterocycles. The SMILES string of the molecule is N/C(=C\C(=NCc1ccccc1)c1ccc(-n2c3ccccc3c3c4sc5ccccc5c4ccc32)cc1)c1ccccc1. The van der Waals surface area contributed by atoms with E-state index < -0.39 is 0 Å². The van der Waals surface area contributed by atoms with E-state index >= 15 is 0 Å². The number of hydrogen-bond acceptors (Lipinski definition) is 3. The summed E-state index contributed by atoms with van der Waals surface area (Å²) in [5.41, 5.74) is 14.8. The van der Waals surface area contributed by atoms with Crippen LogP contribution in [0.2, 0.25) is 0 Å². The van der Waals surface area contributed by atoms with E-state index in [0.29, 0.717) is 12.2 Å². The molecule has 2 heterocycles. The molecule has 0 radical (unpaired) electrons. The van der Waals surface area contributed by atoms with E-state index in [1.165, 1.54) is 42.0 Å². The first-order chi connectivity index (χ1) is 21.7. The van der Waals surface area contributed by atoms with Gasteiger partial charge in [-0.2, -0.15) is 0 Å². The Labute approximate surface area is 259 Å². The van der Waals surface area contributed by atoms with Gasteiger partial charge in [0.2, 0.25) is 0 Å². The molecule has 44 heavy (non-hydrogen) atoms. The minimum atomic E-state index is 0.578. The van der Waals surface area contributed by atoms with E-state index in [4.69, 9.17) is 10.7 Å². The molecular formula is C40H29N3S. The van der Waals surface area contributed by atoms with Crippen molar-refractivity contribution in [1.82, 2.24) is 4.57 Å². The fraction of sp³-hybridized carbons (Fsp3) is 0.0250. The molecule has 0 aliphatic carbocycles. The number of aromatic nitrogens is 1. The summed E-state index contributed by atoms with van der Waals surface area (Å²) in [4.78, 5) is 5.03. The molecule has 0 fully saturated rings. The number of hydrogen-bond donors (Lipinski definition) is 1. The molecule has 210 valence electrons. The van der Waals surface area contributed by atoms with Crippen molar-refractivity contribution >= 4 is 64.7 Å². The standard InChI is InChI=1S/C40H29N3S/c41-34(28-13-5-2-6-14-28)25-35(42-26-27-11-3-1-4-12-27)29-19-21-30(22-20-29)43-36-17-9-7-16-33(36)39-37(43)24-23-32-31-15-8-10-18-38(31)44-40(32)39/h1-25H,26,41H2/b34-25-,42-35?. The number of fused-ring (bicyclic) bond motifs is 7. The van der Waals surface area contributed by atoms with E-state index in [0.717, 1.165) is 28.1 Å². The van der Waals surface area contributed by atoms with Crippen LogP contribution in [0.5, 0.6) is 0 Å². The topological polar surface area (TPSA) is 43.3 Å². The van der Waals surface area contributed by atoms with Crippen molar-refractivity contribution in [3.63, 3.8) is 0 Å². The molecule has 0 bridgehead atoms. The quantitative estimate of drug-likeness (QED) is 0.195. The number of nitrogens with zero attached hydrogens (tertiary/aromatic N) is 2. The minimum Gasteiger partial charge on any atom is -0.398 e. The third kappa shape index (κ3) is 4.57. The molecule has 0 amide bonds. The molecule has 0 atom stereocenters. The lowest BCUT2D eigenvalue weighted by Gasteiger charge is -2.11. The van der Waals surface area contributed by atoms with Gasteiger partial charge in [-0.3, -0.25) is 4.99 Å². The molecule has 0 unspecified atom stereocenters. The number of nitrogens with two attached hydrogens (primary N) is 1. The average Bonchev–Trinajstić information content (AvgIpc) is 3.63. The predicted molar refractivity (Wildman–Crippen MR) is 189 cm³/mol. The average molecular weight is 584 g/mol. The summed E-state index contributed by atoms with van der Waals surface area (Å²) in [5, 5.41) is 5.22. The fourth-order valence-electron chi connectivity index (χ4n) is 6.14. The van der Waals surface area contributed by atoms with Crippen molar-refractivity contribution in [2.24, 2.45) is 10.7 Å². The van der Waals surface area contributed by atoms with Crippen molar-refractivity contribution in [1.29, 1.82) is 0 Å². The number of benzene rings is 6. The Morgan fingerprint density at radius 1 is 0.614 bits per heavy atom. The van der Waals surface area contributed by atoms with Gasteiger partial charge in [-0.05, 0) is 53.1 Å². The number of rotatable bonds is 6. The van der Waals surface area contributed by atoms with Crippen LogP contribution in [0.4, 0.5) is 0 Å². The monoisotopic (exact) mass is 583 g/mol. The molecule has 2 aromatic heterocycles. The summed E-state index contributed by atoms with van der Waals surface area (Å²) in [6, 6.07) is 51.1. The van der Waals surface area contributed by atoms with Crippen molar-refractivity contribution in [2.45, 2.75) is 6.54 Å². The highest BCUT2D eigenvalue weighted by Crippen LogP contribution is 2.43. The third-order valence-electron chi connectivity index (χ3n) is 8.28. The summed E-state index contributed by atoms with van der Waals surface area (Å²) in [5.74, 6) is 0. The molecule has 0 saturated heterocycles. The van der Waals surface area contributed by atoms with Crippen LogP contribution in [-0.2, 0) is 6.54 Å².